The van der Waals surface area contributed by atoms with Gasteiger partial charge in [0.25, 0.3) is 0 Å². The Morgan fingerprint density at radius 2 is 1.79 bits per heavy atom. The van der Waals surface area contributed by atoms with E-state index in [9.17, 15) is 24.9 Å². The number of hydrogen-bond donors (Lipinski definition) is 3. The zero-order valence-electron chi connectivity index (χ0n) is 16.5. The lowest BCUT2D eigenvalue weighted by molar-refractivity contribution is -0.127. The molecule has 0 bridgehead atoms. The van der Waals surface area contributed by atoms with Crippen LogP contribution in [-0.4, -0.2) is 59.5 Å². The first-order chi connectivity index (χ1) is 13.1. The molecule has 0 aromatic heterocycles. The summed E-state index contributed by atoms with van der Waals surface area (Å²) in [7, 11) is 3.60. The Bertz CT molecular complexity index is 798. The van der Waals surface area contributed by atoms with Gasteiger partial charge in [0.1, 0.15) is 23.5 Å². The second-order valence-corrected chi connectivity index (χ2v) is 7.20. The first kappa shape index (κ1) is 21.7. The van der Waals surface area contributed by atoms with E-state index < -0.39 is 30.1 Å². The number of cyclic esters (lactones) is 1. The standard InChI is InChI=1S/C21H27NO6/c1-12-8-9-17(24)20(26)16(23)7-5-6-14-10-15(22(3)4)11-18(25)19(14)21(27)28-13(12)2/h5-6,8-13,16,20,23,25-26H,7H2,1-4H3/b6-5+,9-8-/t12-,13?,16+,20+/m1/s1. The summed E-state index contributed by atoms with van der Waals surface area (Å²) in [5.41, 5.74) is 1.11. The van der Waals surface area contributed by atoms with Crippen LogP contribution in [0.25, 0.3) is 6.08 Å². The number of aliphatic hydroxyl groups excluding tert-OH is 2. The number of ketones is 1. The van der Waals surface area contributed by atoms with Crippen molar-refractivity contribution in [2.45, 2.75) is 38.6 Å². The van der Waals surface area contributed by atoms with Crippen LogP contribution in [-0.2, 0) is 9.53 Å². The Morgan fingerprint density at radius 1 is 1.11 bits per heavy atom. The van der Waals surface area contributed by atoms with Gasteiger partial charge < -0.3 is 25.0 Å². The molecule has 0 saturated carbocycles. The van der Waals surface area contributed by atoms with Gasteiger partial charge in [0.2, 0.25) is 0 Å². The number of phenols is 1. The highest BCUT2D eigenvalue weighted by atomic mass is 16.5. The third-order valence-electron chi connectivity index (χ3n) is 4.78. The Morgan fingerprint density at radius 3 is 2.43 bits per heavy atom. The van der Waals surface area contributed by atoms with Gasteiger partial charge in [-0.05, 0) is 31.1 Å². The number of aromatic hydroxyl groups is 1. The van der Waals surface area contributed by atoms with Gasteiger partial charge in [-0.2, -0.15) is 0 Å². The first-order valence-corrected chi connectivity index (χ1v) is 9.11. The molecule has 1 heterocycles. The van der Waals surface area contributed by atoms with Crippen LogP contribution >= 0.6 is 0 Å². The van der Waals surface area contributed by atoms with E-state index in [1.807, 2.05) is 0 Å². The van der Waals surface area contributed by atoms with E-state index in [1.165, 1.54) is 24.3 Å². The van der Waals surface area contributed by atoms with Crippen LogP contribution in [0, 0.1) is 5.92 Å². The smallest absolute Gasteiger partial charge is 0.342 e. The molecule has 28 heavy (non-hydrogen) atoms. The third-order valence-corrected chi connectivity index (χ3v) is 4.78. The van der Waals surface area contributed by atoms with Crippen molar-refractivity contribution in [3.05, 3.63) is 41.5 Å². The molecule has 0 spiro atoms. The van der Waals surface area contributed by atoms with Gasteiger partial charge in [-0.1, -0.05) is 25.2 Å². The Hall–Kier alpha value is -2.64. The van der Waals surface area contributed by atoms with Gasteiger partial charge in [-0.15, -0.1) is 0 Å². The van der Waals surface area contributed by atoms with Gasteiger partial charge >= 0.3 is 5.97 Å². The van der Waals surface area contributed by atoms with Crippen LogP contribution in [0.15, 0.2) is 30.4 Å². The number of phenolic OH excluding ortho intramolecular Hbond substituents is 1. The highest BCUT2D eigenvalue weighted by Crippen LogP contribution is 2.30. The monoisotopic (exact) mass is 389 g/mol. The van der Waals surface area contributed by atoms with Crippen LogP contribution in [0.2, 0.25) is 0 Å². The number of fused-ring (bicyclic) bond motifs is 1. The average Bonchev–Trinajstić information content (AvgIpc) is 2.63. The fourth-order valence-electron chi connectivity index (χ4n) is 2.74. The fraction of sp³-hybridized carbons (Fsp3) is 0.429. The van der Waals surface area contributed by atoms with E-state index in [0.717, 1.165) is 0 Å². The maximum atomic E-state index is 12.7. The van der Waals surface area contributed by atoms with E-state index in [0.29, 0.717) is 11.3 Å². The number of aliphatic hydroxyl groups is 2. The topological polar surface area (TPSA) is 107 Å². The largest absolute Gasteiger partial charge is 0.507 e. The summed E-state index contributed by atoms with van der Waals surface area (Å²) in [4.78, 5) is 26.5. The highest BCUT2D eigenvalue weighted by molar-refractivity contribution is 5.97. The van der Waals surface area contributed by atoms with E-state index in [-0.39, 0.29) is 23.7 Å². The van der Waals surface area contributed by atoms with Gasteiger partial charge in [0.15, 0.2) is 5.78 Å². The normalized spacial score (nSPS) is 28.6. The van der Waals surface area contributed by atoms with Crippen molar-refractivity contribution in [1.82, 2.24) is 0 Å². The number of hydrogen-bond acceptors (Lipinski definition) is 7. The van der Waals surface area contributed by atoms with Crippen LogP contribution in [0.3, 0.4) is 0 Å². The van der Waals surface area contributed by atoms with Crippen molar-refractivity contribution in [2.24, 2.45) is 5.92 Å². The SMILES string of the molecule is CC1OC(=O)c2c(O)cc(N(C)C)cc2/C=C/C[C@H](O)[C@H](O)C(=O)/C=C\[C@H]1C. The molecule has 152 valence electrons. The molecule has 1 aromatic carbocycles. The molecule has 1 aliphatic rings. The molecule has 1 aromatic rings. The summed E-state index contributed by atoms with van der Waals surface area (Å²) in [6, 6.07) is 3.18. The molecule has 0 saturated heterocycles. The van der Waals surface area contributed by atoms with Crippen molar-refractivity contribution in [3.8, 4) is 5.75 Å². The second-order valence-electron chi connectivity index (χ2n) is 7.20. The van der Waals surface area contributed by atoms with Crippen molar-refractivity contribution in [1.29, 1.82) is 0 Å². The minimum absolute atomic E-state index is 0.00581. The molecule has 4 atom stereocenters. The second kappa shape index (κ2) is 9.03. The predicted molar refractivity (Wildman–Crippen MR) is 106 cm³/mol. The lowest BCUT2D eigenvalue weighted by atomic mass is 9.99. The van der Waals surface area contributed by atoms with Crippen LogP contribution in [0.1, 0.15) is 36.2 Å². The van der Waals surface area contributed by atoms with Crippen molar-refractivity contribution in [2.75, 3.05) is 19.0 Å². The third kappa shape index (κ3) is 4.99. The number of carbonyl (C=O) groups excluding carboxylic acids is 2. The summed E-state index contributed by atoms with van der Waals surface area (Å²) in [6.07, 6.45) is 2.38. The Labute approximate surface area is 164 Å². The predicted octanol–water partition coefficient (Wildman–Crippen LogP) is 1.90. The number of nitrogens with zero attached hydrogens (tertiary/aromatic N) is 1. The van der Waals surface area contributed by atoms with E-state index in [2.05, 4.69) is 0 Å². The van der Waals surface area contributed by atoms with Crippen LogP contribution in [0.4, 0.5) is 5.69 Å². The summed E-state index contributed by atoms with van der Waals surface area (Å²) in [5, 5.41) is 30.5. The quantitative estimate of drug-likeness (QED) is 0.630. The molecular formula is C21H27NO6. The number of carbonyl (C=O) groups is 2. The molecule has 1 aliphatic heterocycles. The molecule has 0 aliphatic carbocycles. The van der Waals surface area contributed by atoms with Crippen LogP contribution < -0.4 is 4.90 Å². The van der Waals surface area contributed by atoms with Gasteiger partial charge in [0.05, 0.1) is 6.10 Å². The fourth-order valence-corrected chi connectivity index (χ4v) is 2.74. The number of benzene rings is 1. The Balaban J connectivity index is 2.53. The maximum absolute atomic E-state index is 12.7. The number of ether oxygens (including phenoxy) is 1. The van der Waals surface area contributed by atoms with Gasteiger partial charge in [0, 0.05) is 31.8 Å². The Kier molecular flexibility index (Phi) is 6.99. The lowest BCUT2D eigenvalue weighted by Gasteiger charge is -2.21. The van der Waals surface area contributed by atoms with E-state index in [1.54, 1.807) is 45.0 Å². The average molecular weight is 389 g/mol. The first-order valence-electron chi connectivity index (χ1n) is 9.11. The molecule has 3 N–H and O–H groups in total. The summed E-state index contributed by atoms with van der Waals surface area (Å²) in [6.45, 7) is 3.43. The number of esters is 1. The molecule has 2 rings (SSSR count). The van der Waals surface area contributed by atoms with Crippen molar-refractivity contribution >= 4 is 23.5 Å². The minimum atomic E-state index is -1.55. The minimum Gasteiger partial charge on any atom is -0.507 e. The lowest BCUT2D eigenvalue weighted by Crippen LogP contribution is -2.32. The molecule has 1 unspecified atom stereocenters. The molecular weight excluding hydrogens is 362 g/mol. The zero-order chi connectivity index (χ0) is 21.0. The van der Waals surface area contributed by atoms with Gasteiger partial charge in [-0.3, -0.25) is 4.79 Å². The maximum Gasteiger partial charge on any atom is 0.342 e. The summed E-state index contributed by atoms with van der Waals surface area (Å²) in [5.74, 6) is -1.83. The number of anilines is 1. The summed E-state index contributed by atoms with van der Waals surface area (Å²) < 4.78 is 5.48. The van der Waals surface area contributed by atoms with E-state index in [4.69, 9.17) is 4.74 Å². The summed E-state index contributed by atoms with van der Waals surface area (Å²) >= 11 is 0. The zero-order valence-corrected chi connectivity index (χ0v) is 16.5. The van der Waals surface area contributed by atoms with Crippen molar-refractivity contribution < 1.29 is 29.6 Å². The molecule has 0 fully saturated rings. The van der Waals surface area contributed by atoms with E-state index >= 15 is 0 Å². The molecule has 0 radical (unpaired) electrons. The molecule has 7 nitrogen and oxygen atoms in total. The van der Waals surface area contributed by atoms with Crippen LogP contribution in [0.5, 0.6) is 5.75 Å². The van der Waals surface area contributed by atoms with Crippen molar-refractivity contribution in [3.63, 3.8) is 0 Å². The van der Waals surface area contributed by atoms with Gasteiger partial charge in [-0.25, -0.2) is 4.79 Å². The number of rotatable bonds is 1. The highest BCUT2D eigenvalue weighted by Gasteiger charge is 2.25. The molecule has 0 amide bonds. The molecule has 7 heteroatoms.